The normalized spacial score (nSPS) is 11.5. The molecule has 0 bridgehead atoms. The Labute approximate surface area is 105 Å². The number of thiophene rings is 1. The predicted octanol–water partition coefficient (Wildman–Crippen LogP) is 3.17. The molecule has 0 saturated heterocycles. The van der Waals surface area contributed by atoms with Gasteiger partial charge in [0, 0.05) is 21.2 Å². The number of nitrogens with zero attached hydrogens (tertiary/aromatic N) is 4. The zero-order valence-corrected chi connectivity index (χ0v) is 10.6. The molecule has 5 nitrogen and oxygen atoms in total. The van der Waals surface area contributed by atoms with Crippen molar-refractivity contribution >= 4 is 11.3 Å². The van der Waals surface area contributed by atoms with Crippen LogP contribution in [-0.2, 0) is 6.42 Å². The fraction of sp³-hybridized carbons (Fsp3) is 0.545. The number of hydrogen-bond donors (Lipinski definition) is 1. The second-order valence-electron chi connectivity index (χ2n) is 3.48. The first kappa shape index (κ1) is 13.5. The monoisotopic (exact) mass is 249 g/mol. The number of rotatable bonds is 7. The molecule has 0 spiro atoms. The largest absolute Gasteiger partial charge is 0.298 e. The Hall–Kier alpha value is -1.54. The Morgan fingerprint density at radius 2 is 2.47 bits per heavy atom. The summed E-state index contributed by atoms with van der Waals surface area (Å²) in [7, 11) is 0. The van der Waals surface area contributed by atoms with Crippen LogP contribution in [0.1, 0.15) is 29.1 Å². The van der Waals surface area contributed by atoms with Gasteiger partial charge in [0.1, 0.15) is 6.04 Å². The number of aryl methyl sites for hydroxylation is 1. The average Bonchev–Trinajstić information content (AvgIpc) is 2.82. The smallest absolute Gasteiger partial charge is 0.130 e. The summed E-state index contributed by atoms with van der Waals surface area (Å²) in [5.41, 5.74) is 8.12. The Morgan fingerprint density at radius 3 is 3.06 bits per heavy atom. The van der Waals surface area contributed by atoms with Crippen molar-refractivity contribution in [1.82, 2.24) is 5.32 Å². The van der Waals surface area contributed by atoms with Gasteiger partial charge in [-0.15, -0.1) is 11.3 Å². The second kappa shape index (κ2) is 7.69. The molecule has 90 valence electrons. The van der Waals surface area contributed by atoms with E-state index in [1.165, 1.54) is 4.88 Å². The fourth-order valence-corrected chi connectivity index (χ4v) is 2.36. The van der Waals surface area contributed by atoms with Gasteiger partial charge in [0.25, 0.3) is 0 Å². The van der Waals surface area contributed by atoms with Crippen LogP contribution in [0.5, 0.6) is 0 Å². The highest BCUT2D eigenvalue weighted by atomic mass is 32.1. The molecular formula is C11H15N5S. The van der Waals surface area contributed by atoms with Crippen LogP contribution in [0.15, 0.2) is 17.2 Å². The minimum Gasteiger partial charge on any atom is -0.298 e. The maximum absolute atomic E-state index is 9.08. The van der Waals surface area contributed by atoms with E-state index in [0.717, 1.165) is 17.7 Å². The van der Waals surface area contributed by atoms with Crippen LogP contribution in [0.4, 0.5) is 0 Å². The van der Waals surface area contributed by atoms with Crippen LogP contribution in [0.2, 0.25) is 0 Å². The average molecular weight is 249 g/mol. The SMILES string of the molecule is CCc1ccc(C(C#N)NCCCN=[N+]=[N-])s1. The number of nitrogens with one attached hydrogen (secondary N) is 1. The van der Waals surface area contributed by atoms with E-state index < -0.39 is 0 Å². The standard InChI is InChI=1S/C11H15N5S/c1-2-9-4-5-11(17-9)10(8-12)14-6-3-7-15-16-13/h4-5,10,14H,2-3,6-7H2,1H3. The predicted molar refractivity (Wildman–Crippen MR) is 68.7 cm³/mol. The highest BCUT2D eigenvalue weighted by Crippen LogP contribution is 2.23. The molecule has 6 heteroatoms. The van der Waals surface area contributed by atoms with E-state index in [0.29, 0.717) is 13.1 Å². The van der Waals surface area contributed by atoms with E-state index in [2.05, 4.69) is 34.4 Å². The van der Waals surface area contributed by atoms with Gasteiger partial charge in [-0.25, -0.2) is 0 Å². The highest BCUT2D eigenvalue weighted by molar-refractivity contribution is 7.12. The Morgan fingerprint density at radius 1 is 1.65 bits per heavy atom. The van der Waals surface area contributed by atoms with Gasteiger partial charge in [0.15, 0.2) is 0 Å². The molecule has 17 heavy (non-hydrogen) atoms. The van der Waals surface area contributed by atoms with Crippen molar-refractivity contribution < 1.29 is 0 Å². The highest BCUT2D eigenvalue weighted by Gasteiger charge is 2.11. The van der Waals surface area contributed by atoms with E-state index >= 15 is 0 Å². The molecule has 0 radical (unpaired) electrons. The molecule has 0 saturated carbocycles. The lowest BCUT2D eigenvalue weighted by Crippen LogP contribution is -2.20. The quantitative estimate of drug-likeness (QED) is 0.348. The van der Waals surface area contributed by atoms with Gasteiger partial charge in [-0.3, -0.25) is 5.32 Å². The minimum atomic E-state index is -0.258. The first-order valence-corrected chi connectivity index (χ1v) is 6.36. The fourth-order valence-electron chi connectivity index (χ4n) is 1.39. The van der Waals surface area contributed by atoms with Crippen molar-refractivity contribution in [2.24, 2.45) is 5.11 Å². The summed E-state index contributed by atoms with van der Waals surface area (Å²) in [6.45, 7) is 3.24. The van der Waals surface area contributed by atoms with Crippen LogP contribution in [-0.4, -0.2) is 13.1 Å². The molecule has 0 aliphatic rings. The van der Waals surface area contributed by atoms with Crippen LogP contribution in [0.3, 0.4) is 0 Å². The lowest BCUT2D eigenvalue weighted by atomic mass is 10.2. The van der Waals surface area contributed by atoms with E-state index in [4.69, 9.17) is 10.8 Å². The van der Waals surface area contributed by atoms with Crippen LogP contribution >= 0.6 is 11.3 Å². The molecule has 1 unspecified atom stereocenters. The topological polar surface area (TPSA) is 84.6 Å². The Bertz CT molecular complexity index is 427. The van der Waals surface area contributed by atoms with Gasteiger partial charge in [-0.05, 0) is 37.1 Å². The molecule has 0 fully saturated rings. The van der Waals surface area contributed by atoms with E-state index in [1.807, 2.05) is 6.07 Å². The molecule has 0 aromatic carbocycles. The Balaban J connectivity index is 2.43. The molecule has 1 rings (SSSR count). The van der Waals surface area contributed by atoms with E-state index in [9.17, 15) is 0 Å². The lowest BCUT2D eigenvalue weighted by molar-refractivity contribution is 0.613. The van der Waals surface area contributed by atoms with E-state index in [1.54, 1.807) is 11.3 Å². The van der Waals surface area contributed by atoms with Gasteiger partial charge in [0.2, 0.25) is 0 Å². The number of hydrogen-bond acceptors (Lipinski definition) is 4. The van der Waals surface area contributed by atoms with Crippen LogP contribution in [0, 0.1) is 11.3 Å². The third-order valence-electron chi connectivity index (χ3n) is 2.29. The van der Waals surface area contributed by atoms with Crippen molar-refractivity contribution in [2.75, 3.05) is 13.1 Å². The van der Waals surface area contributed by atoms with Crippen molar-refractivity contribution in [1.29, 1.82) is 5.26 Å². The molecular weight excluding hydrogens is 234 g/mol. The molecule has 0 aliphatic carbocycles. The zero-order chi connectivity index (χ0) is 12.5. The first-order valence-electron chi connectivity index (χ1n) is 5.54. The molecule has 0 amide bonds. The van der Waals surface area contributed by atoms with Crippen molar-refractivity contribution in [2.45, 2.75) is 25.8 Å². The van der Waals surface area contributed by atoms with Gasteiger partial charge in [0.05, 0.1) is 6.07 Å². The van der Waals surface area contributed by atoms with Crippen LogP contribution in [0.25, 0.3) is 10.4 Å². The Kier molecular flexibility index (Phi) is 6.12. The van der Waals surface area contributed by atoms with Crippen LogP contribution < -0.4 is 5.32 Å². The molecule has 1 N–H and O–H groups in total. The summed E-state index contributed by atoms with van der Waals surface area (Å²) in [6, 6.07) is 6.04. The zero-order valence-electron chi connectivity index (χ0n) is 9.76. The third-order valence-corrected chi connectivity index (χ3v) is 3.59. The number of nitriles is 1. The maximum Gasteiger partial charge on any atom is 0.130 e. The number of azide groups is 1. The first-order chi connectivity index (χ1) is 8.31. The van der Waals surface area contributed by atoms with Crippen molar-refractivity contribution in [3.8, 4) is 6.07 Å². The summed E-state index contributed by atoms with van der Waals surface area (Å²) in [5, 5.41) is 15.7. The van der Waals surface area contributed by atoms with Gasteiger partial charge < -0.3 is 0 Å². The molecule has 0 aliphatic heterocycles. The third kappa shape index (κ3) is 4.45. The van der Waals surface area contributed by atoms with Crippen molar-refractivity contribution in [3.63, 3.8) is 0 Å². The molecule has 1 aromatic heterocycles. The molecule has 1 atom stereocenters. The maximum atomic E-state index is 9.08. The lowest BCUT2D eigenvalue weighted by Gasteiger charge is -2.08. The summed E-state index contributed by atoms with van der Waals surface area (Å²) in [5.74, 6) is 0. The van der Waals surface area contributed by atoms with E-state index in [-0.39, 0.29) is 6.04 Å². The molecule has 1 aromatic rings. The summed E-state index contributed by atoms with van der Waals surface area (Å²) in [4.78, 5) is 5.02. The van der Waals surface area contributed by atoms with Gasteiger partial charge >= 0.3 is 0 Å². The summed E-state index contributed by atoms with van der Waals surface area (Å²) in [6.07, 6.45) is 1.74. The summed E-state index contributed by atoms with van der Waals surface area (Å²) >= 11 is 1.67. The summed E-state index contributed by atoms with van der Waals surface area (Å²) < 4.78 is 0. The minimum absolute atomic E-state index is 0.258. The van der Waals surface area contributed by atoms with Crippen molar-refractivity contribution in [3.05, 3.63) is 32.3 Å². The second-order valence-corrected chi connectivity index (χ2v) is 4.68. The van der Waals surface area contributed by atoms with Gasteiger partial charge in [-0.2, -0.15) is 5.26 Å². The van der Waals surface area contributed by atoms with Gasteiger partial charge in [-0.1, -0.05) is 12.0 Å². The molecule has 1 heterocycles.